The Labute approximate surface area is 186 Å². The van der Waals surface area contributed by atoms with Crippen LogP contribution in [0.3, 0.4) is 0 Å². The van der Waals surface area contributed by atoms with Crippen LogP contribution in [-0.2, 0) is 0 Å². The van der Waals surface area contributed by atoms with Gasteiger partial charge in [0.2, 0.25) is 5.88 Å². The lowest BCUT2D eigenvalue weighted by Gasteiger charge is -2.50. The minimum atomic E-state index is -1.11. The molecule has 0 spiro atoms. The third kappa shape index (κ3) is 3.23. The average Bonchev–Trinajstić information content (AvgIpc) is 3.28. The molecular weight excluding hydrogens is 411 g/mol. The van der Waals surface area contributed by atoms with E-state index in [0.29, 0.717) is 23.4 Å². The second-order valence-corrected chi connectivity index (χ2v) is 9.41. The summed E-state index contributed by atoms with van der Waals surface area (Å²) in [6, 6.07) is 8.50. The van der Waals surface area contributed by atoms with Gasteiger partial charge in [-0.05, 0) is 58.9 Å². The molecule has 32 heavy (non-hydrogen) atoms. The summed E-state index contributed by atoms with van der Waals surface area (Å²) in [5, 5.41) is 27.2. The van der Waals surface area contributed by atoms with Gasteiger partial charge in [-0.3, -0.25) is 4.90 Å². The van der Waals surface area contributed by atoms with Crippen molar-refractivity contribution in [3.8, 4) is 28.6 Å². The first-order chi connectivity index (χ1) is 15.2. The number of hydrogen-bond acceptors (Lipinski definition) is 7. The number of piperidine rings is 1. The Bertz CT molecular complexity index is 1150. The van der Waals surface area contributed by atoms with Gasteiger partial charge in [-0.2, -0.15) is 15.0 Å². The maximum Gasteiger partial charge on any atom is 0.233 e. The quantitative estimate of drug-likeness (QED) is 0.667. The highest BCUT2D eigenvalue weighted by molar-refractivity contribution is 5.68. The lowest BCUT2D eigenvalue weighted by atomic mass is 9.82. The molecule has 5 rings (SSSR count). The first-order valence-electron chi connectivity index (χ1n) is 10.8. The second-order valence-electron chi connectivity index (χ2n) is 9.41. The summed E-state index contributed by atoms with van der Waals surface area (Å²) >= 11 is 0. The van der Waals surface area contributed by atoms with Gasteiger partial charge >= 0.3 is 0 Å². The molecule has 0 saturated carbocycles. The van der Waals surface area contributed by atoms with Gasteiger partial charge in [0, 0.05) is 29.7 Å². The van der Waals surface area contributed by atoms with Crippen LogP contribution in [0.15, 0.2) is 36.5 Å². The first-order valence-corrected chi connectivity index (χ1v) is 10.8. The van der Waals surface area contributed by atoms with Crippen LogP contribution in [0.25, 0.3) is 16.9 Å². The third-order valence-electron chi connectivity index (χ3n) is 7.31. The normalized spacial score (nSPS) is 29.9. The van der Waals surface area contributed by atoms with Crippen molar-refractivity contribution in [1.82, 2.24) is 30.1 Å². The summed E-state index contributed by atoms with van der Waals surface area (Å²) in [7, 11) is 2.01. The highest BCUT2D eigenvalue weighted by Crippen LogP contribution is 2.51. The molecule has 0 unspecified atom stereocenters. The number of hydrogen-bond donors (Lipinski definition) is 1. The monoisotopic (exact) mass is 438 g/mol. The van der Waals surface area contributed by atoms with Gasteiger partial charge in [0.15, 0.2) is 6.17 Å². The fraction of sp³-hybridized carbons (Fsp3) is 0.478. The van der Waals surface area contributed by atoms with Crippen LogP contribution in [0.4, 0.5) is 4.39 Å². The largest absolute Gasteiger partial charge is 0.507 e. The Morgan fingerprint density at radius 1 is 1.16 bits per heavy atom. The van der Waals surface area contributed by atoms with Crippen molar-refractivity contribution >= 4 is 0 Å². The molecule has 4 heterocycles. The Balaban J connectivity index is 1.34. The first kappa shape index (κ1) is 20.8. The predicted octanol–water partition coefficient (Wildman–Crippen LogP) is 3.47. The van der Waals surface area contributed by atoms with Crippen molar-refractivity contribution in [3.05, 3.63) is 42.2 Å². The minimum Gasteiger partial charge on any atom is -0.507 e. The molecule has 9 heteroatoms. The van der Waals surface area contributed by atoms with Crippen LogP contribution >= 0.6 is 0 Å². The average molecular weight is 439 g/mol. The summed E-state index contributed by atoms with van der Waals surface area (Å²) < 4.78 is 21.3. The summed E-state index contributed by atoms with van der Waals surface area (Å²) in [5.41, 5.74) is 1.83. The van der Waals surface area contributed by atoms with E-state index in [-0.39, 0.29) is 17.2 Å². The van der Waals surface area contributed by atoms with E-state index in [1.54, 1.807) is 36.5 Å². The zero-order chi connectivity index (χ0) is 22.7. The van der Waals surface area contributed by atoms with E-state index in [1.165, 1.54) is 4.80 Å². The Hall–Kier alpha value is -3.07. The number of fused-ring (bicyclic) bond motifs is 2. The second kappa shape index (κ2) is 7.23. The lowest BCUT2D eigenvalue weighted by molar-refractivity contribution is -0.0887. The maximum absolute atomic E-state index is 15.3. The molecule has 1 aromatic carbocycles. The number of aromatic nitrogens is 5. The molecule has 3 aromatic rings. The molecular formula is C23H27FN6O2. The van der Waals surface area contributed by atoms with Crippen molar-refractivity contribution in [2.24, 2.45) is 0 Å². The molecule has 168 valence electrons. The number of halogens is 1. The van der Waals surface area contributed by atoms with Crippen LogP contribution in [0.2, 0.25) is 0 Å². The SMILES string of the molecule is Cc1cnn(-c2ccc(-c3ccc(O[C@@H]4C[C@@]5(C)CC[C@@](C)([C@@H]4F)N5C)nn3)c(O)c2)n1. The molecule has 2 bridgehead atoms. The summed E-state index contributed by atoms with van der Waals surface area (Å²) in [4.78, 5) is 3.62. The van der Waals surface area contributed by atoms with Crippen LogP contribution in [-0.4, -0.2) is 65.6 Å². The van der Waals surface area contributed by atoms with E-state index in [0.717, 1.165) is 18.5 Å². The van der Waals surface area contributed by atoms with Crippen LogP contribution in [0.1, 0.15) is 38.8 Å². The van der Waals surface area contributed by atoms with Gasteiger partial charge in [-0.25, -0.2) is 4.39 Å². The van der Waals surface area contributed by atoms with Gasteiger partial charge in [-0.15, -0.1) is 10.2 Å². The van der Waals surface area contributed by atoms with Crippen molar-refractivity contribution in [2.75, 3.05) is 7.05 Å². The molecule has 1 N–H and O–H groups in total. The standard InChI is InChI=1S/C23H27FN6O2/c1-14-13-25-30(28-14)15-5-6-16(18(31)11-15)17-7-8-20(27-26-17)32-19-12-22(2)9-10-23(3,21(19)24)29(22)4/h5-8,11,13,19,21,31H,9-10,12H2,1-4H3/t19-,21-,22-,23+/m1/s1. The summed E-state index contributed by atoms with van der Waals surface area (Å²) in [6.07, 6.45) is 2.34. The molecule has 2 aromatic heterocycles. The number of benzene rings is 1. The topological polar surface area (TPSA) is 89.2 Å². The predicted molar refractivity (Wildman–Crippen MR) is 117 cm³/mol. The highest BCUT2D eigenvalue weighted by Gasteiger charge is 2.60. The fourth-order valence-corrected chi connectivity index (χ4v) is 5.08. The van der Waals surface area contributed by atoms with Crippen LogP contribution in [0.5, 0.6) is 11.6 Å². The lowest BCUT2D eigenvalue weighted by Crippen LogP contribution is -2.64. The number of phenols is 1. The van der Waals surface area contributed by atoms with Crippen molar-refractivity contribution in [1.29, 1.82) is 0 Å². The number of phenolic OH excluding ortho intramolecular Hbond substituents is 1. The Morgan fingerprint density at radius 3 is 2.62 bits per heavy atom. The molecule has 0 amide bonds. The van der Waals surface area contributed by atoms with Crippen LogP contribution in [0, 0.1) is 6.92 Å². The van der Waals surface area contributed by atoms with E-state index in [2.05, 4.69) is 32.2 Å². The number of rotatable bonds is 4. The van der Waals surface area contributed by atoms with E-state index < -0.39 is 17.8 Å². The molecule has 2 saturated heterocycles. The number of ether oxygens (including phenoxy) is 1. The molecule has 0 aliphatic carbocycles. The maximum atomic E-state index is 15.3. The highest BCUT2D eigenvalue weighted by atomic mass is 19.1. The Kier molecular flexibility index (Phi) is 4.70. The number of nitrogens with zero attached hydrogens (tertiary/aromatic N) is 6. The fourth-order valence-electron chi connectivity index (χ4n) is 5.08. The van der Waals surface area contributed by atoms with E-state index >= 15 is 4.39 Å². The van der Waals surface area contributed by atoms with E-state index in [9.17, 15) is 5.11 Å². The zero-order valence-corrected chi connectivity index (χ0v) is 18.7. The summed E-state index contributed by atoms with van der Waals surface area (Å²) in [5.74, 6) is 0.321. The van der Waals surface area contributed by atoms with Gasteiger partial charge in [0.05, 0.1) is 28.8 Å². The summed E-state index contributed by atoms with van der Waals surface area (Å²) in [6.45, 7) is 5.99. The molecule has 2 aliphatic heterocycles. The zero-order valence-electron chi connectivity index (χ0n) is 18.7. The van der Waals surface area contributed by atoms with Gasteiger partial charge < -0.3 is 9.84 Å². The van der Waals surface area contributed by atoms with Crippen molar-refractivity contribution in [2.45, 2.75) is 63.4 Å². The smallest absolute Gasteiger partial charge is 0.233 e. The Morgan fingerprint density at radius 2 is 1.97 bits per heavy atom. The molecule has 4 atom stereocenters. The molecule has 2 fully saturated rings. The van der Waals surface area contributed by atoms with Crippen molar-refractivity contribution < 1.29 is 14.2 Å². The van der Waals surface area contributed by atoms with Crippen LogP contribution < -0.4 is 4.74 Å². The molecule has 0 radical (unpaired) electrons. The van der Waals surface area contributed by atoms with E-state index in [4.69, 9.17) is 4.74 Å². The van der Waals surface area contributed by atoms with E-state index in [1.807, 2.05) is 20.9 Å². The van der Waals surface area contributed by atoms with Gasteiger partial charge in [-0.1, -0.05) is 0 Å². The minimum absolute atomic E-state index is 0.0389. The number of aryl methyl sites for hydroxylation is 1. The third-order valence-corrected chi connectivity index (χ3v) is 7.31. The molecule has 8 nitrogen and oxygen atoms in total. The number of aromatic hydroxyl groups is 1. The number of alkyl halides is 1. The van der Waals surface area contributed by atoms with Crippen molar-refractivity contribution in [3.63, 3.8) is 0 Å². The van der Waals surface area contributed by atoms with Gasteiger partial charge in [0.1, 0.15) is 11.9 Å². The molecule has 2 aliphatic rings. The van der Waals surface area contributed by atoms with Gasteiger partial charge in [0.25, 0.3) is 0 Å².